The molecular formula is C17H25N3O3. The van der Waals surface area contributed by atoms with Crippen molar-refractivity contribution in [1.82, 2.24) is 9.88 Å². The summed E-state index contributed by atoms with van der Waals surface area (Å²) >= 11 is 0. The fourth-order valence-electron chi connectivity index (χ4n) is 2.72. The highest BCUT2D eigenvalue weighted by Gasteiger charge is 2.33. The predicted octanol–water partition coefficient (Wildman–Crippen LogP) is 2.31. The van der Waals surface area contributed by atoms with Crippen LogP contribution in [-0.2, 0) is 9.59 Å². The van der Waals surface area contributed by atoms with Crippen LogP contribution in [0, 0.1) is 11.3 Å². The molecule has 6 heteroatoms. The van der Waals surface area contributed by atoms with Gasteiger partial charge in [-0.3, -0.25) is 9.59 Å². The summed E-state index contributed by atoms with van der Waals surface area (Å²) in [6, 6.07) is 3.50. The quantitative estimate of drug-likeness (QED) is 0.928. The molecule has 23 heavy (non-hydrogen) atoms. The van der Waals surface area contributed by atoms with E-state index in [2.05, 4.69) is 10.3 Å². The maximum Gasteiger partial charge on any atom is 0.230 e. The van der Waals surface area contributed by atoms with Crippen molar-refractivity contribution < 1.29 is 14.3 Å². The van der Waals surface area contributed by atoms with Gasteiger partial charge in [-0.1, -0.05) is 20.8 Å². The summed E-state index contributed by atoms with van der Waals surface area (Å²) in [5.41, 5.74) is -0.428. The molecule has 2 amide bonds. The number of nitrogens with zero attached hydrogens (tertiary/aromatic N) is 2. The van der Waals surface area contributed by atoms with Gasteiger partial charge in [-0.15, -0.1) is 0 Å². The van der Waals surface area contributed by atoms with Crippen LogP contribution in [0.15, 0.2) is 18.3 Å². The van der Waals surface area contributed by atoms with Crippen molar-refractivity contribution in [3.05, 3.63) is 18.3 Å². The Hall–Kier alpha value is -2.11. The smallest absolute Gasteiger partial charge is 0.230 e. The maximum absolute atomic E-state index is 12.5. The average Bonchev–Trinajstić information content (AvgIpc) is 2.54. The minimum atomic E-state index is -0.428. The van der Waals surface area contributed by atoms with E-state index in [1.54, 1.807) is 23.2 Å². The third-order valence-corrected chi connectivity index (χ3v) is 3.95. The summed E-state index contributed by atoms with van der Waals surface area (Å²) in [7, 11) is 1.54. The van der Waals surface area contributed by atoms with Gasteiger partial charge < -0.3 is 15.0 Å². The monoisotopic (exact) mass is 319 g/mol. The van der Waals surface area contributed by atoms with Gasteiger partial charge in [0.15, 0.2) is 11.6 Å². The van der Waals surface area contributed by atoms with Gasteiger partial charge in [-0.25, -0.2) is 4.98 Å². The SMILES string of the molecule is COc1cccnc1NC(=O)C1CCCN(C(=O)C(C)(C)C)C1. The molecule has 1 atom stereocenters. The number of methoxy groups -OCH3 is 1. The average molecular weight is 319 g/mol. The third kappa shape index (κ3) is 4.21. The number of amides is 2. The maximum atomic E-state index is 12.5. The molecule has 2 heterocycles. The first kappa shape index (κ1) is 17.2. The molecule has 126 valence electrons. The van der Waals surface area contributed by atoms with Crippen LogP contribution >= 0.6 is 0 Å². The molecule has 1 aliphatic heterocycles. The van der Waals surface area contributed by atoms with Crippen LogP contribution in [0.2, 0.25) is 0 Å². The van der Waals surface area contributed by atoms with Crippen LogP contribution in [0.4, 0.5) is 5.82 Å². The zero-order valence-corrected chi connectivity index (χ0v) is 14.3. The first-order valence-electron chi connectivity index (χ1n) is 7.92. The molecule has 0 aromatic carbocycles. The molecule has 1 saturated heterocycles. The second-order valence-corrected chi connectivity index (χ2v) is 6.88. The number of rotatable bonds is 3. The summed E-state index contributed by atoms with van der Waals surface area (Å²) in [5.74, 6) is 0.694. The molecule has 0 aliphatic carbocycles. The number of pyridine rings is 1. The number of anilines is 1. The van der Waals surface area contributed by atoms with Gasteiger partial charge >= 0.3 is 0 Å². The molecule has 1 unspecified atom stereocenters. The molecule has 1 aliphatic rings. The van der Waals surface area contributed by atoms with E-state index in [0.717, 1.165) is 12.8 Å². The van der Waals surface area contributed by atoms with Gasteiger partial charge in [0.2, 0.25) is 11.8 Å². The van der Waals surface area contributed by atoms with Crippen LogP contribution in [0.3, 0.4) is 0 Å². The highest BCUT2D eigenvalue weighted by atomic mass is 16.5. The molecular weight excluding hydrogens is 294 g/mol. The molecule has 6 nitrogen and oxygen atoms in total. The predicted molar refractivity (Wildman–Crippen MR) is 88.2 cm³/mol. The number of aromatic nitrogens is 1. The lowest BCUT2D eigenvalue weighted by Crippen LogP contribution is -2.47. The first-order chi connectivity index (χ1) is 10.8. The number of carbonyl (C=O) groups is 2. The Kier molecular flexibility index (Phi) is 5.23. The van der Waals surface area contributed by atoms with Crippen molar-refractivity contribution >= 4 is 17.6 Å². The second kappa shape index (κ2) is 6.98. The van der Waals surface area contributed by atoms with Crippen LogP contribution in [0.25, 0.3) is 0 Å². The number of ether oxygens (including phenoxy) is 1. The molecule has 0 saturated carbocycles. The van der Waals surface area contributed by atoms with Crippen molar-refractivity contribution in [3.63, 3.8) is 0 Å². The van der Waals surface area contributed by atoms with E-state index < -0.39 is 5.41 Å². The van der Waals surface area contributed by atoms with Crippen LogP contribution in [-0.4, -0.2) is 41.9 Å². The van der Waals surface area contributed by atoms with E-state index in [1.807, 2.05) is 20.8 Å². The number of piperidine rings is 1. The minimum absolute atomic E-state index is 0.0883. The fourth-order valence-corrected chi connectivity index (χ4v) is 2.72. The second-order valence-electron chi connectivity index (χ2n) is 6.88. The highest BCUT2D eigenvalue weighted by Crippen LogP contribution is 2.26. The largest absolute Gasteiger partial charge is 0.493 e. The van der Waals surface area contributed by atoms with E-state index in [-0.39, 0.29) is 17.7 Å². The van der Waals surface area contributed by atoms with Gasteiger partial charge in [0.25, 0.3) is 0 Å². The van der Waals surface area contributed by atoms with Crippen molar-refractivity contribution in [2.45, 2.75) is 33.6 Å². The molecule has 1 aromatic heterocycles. The van der Waals surface area contributed by atoms with Crippen LogP contribution < -0.4 is 10.1 Å². The van der Waals surface area contributed by atoms with Gasteiger partial charge in [-0.2, -0.15) is 0 Å². The van der Waals surface area contributed by atoms with E-state index in [1.165, 1.54) is 7.11 Å². The van der Waals surface area contributed by atoms with E-state index in [0.29, 0.717) is 24.7 Å². The number of hydrogen-bond acceptors (Lipinski definition) is 4. The topological polar surface area (TPSA) is 71.5 Å². The van der Waals surface area contributed by atoms with E-state index in [4.69, 9.17) is 4.74 Å². The first-order valence-corrected chi connectivity index (χ1v) is 7.92. The number of nitrogens with one attached hydrogen (secondary N) is 1. The molecule has 1 fully saturated rings. The Labute approximate surface area is 137 Å². The molecule has 2 rings (SSSR count). The van der Waals surface area contributed by atoms with Crippen molar-refractivity contribution in [1.29, 1.82) is 0 Å². The molecule has 0 spiro atoms. The number of hydrogen-bond donors (Lipinski definition) is 1. The number of likely N-dealkylation sites (tertiary alicyclic amines) is 1. The summed E-state index contributed by atoms with van der Waals surface area (Å²) in [5, 5.41) is 2.82. The van der Waals surface area contributed by atoms with E-state index >= 15 is 0 Å². The summed E-state index contributed by atoms with van der Waals surface area (Å²) in [4.78, 5) is 30.9. The van der Waals surface area contributed by atoms with Gasteiger partial charge in [-0.05, 0) is 25.0 Å². The molecule has 0 bridgehead atoms. The van der Waals surface area contributed by atoms with Gasteiger partial charge in [0, 0.05) is 24.7 Å². The Bertz CT molecular complexity index is 581. The summed E-state index contributed by atoms with van der Waals surface area (Å²) in [6.07, 6.45) is 3.21. The van der Waals surface area contributed by atoms with Crippen molar-refractivity contribution in [2.75, 3.05) is 25.5 Å². The molecule has 0 radical (unpaired) electrons. The normalized spacial score (nSPS) is 18.4. The fraction of sp³-hybridized carbons (Fsp3) is 0.588. The molecule has 1 N–H and O–H groups in total. The molecule has 1 aromatic rings. The highest BCUT2D eigenvalue weighted by molar-refractivity contribution is 5.93. The lowest BCUT2D eigenvalue weighted by Gasteiger charge is -2.35. The van der Waals surface area contributed by atoms with E-state index in [9.17, 15) is 9.59 Å². The Morgan fingerprint density at radius 3 is 2.78 bits per heavy atom. The Balaban J connectivity index is 2.03. The Morgan fingerprint density at radius 2 is 2.13 bits per heavy atom. The zero-order chi connectivity index (χ0) is 17.0. The summed E-state index contributed by atoms with van der Waals surface area (Å²) < 4.78 is 5.20. The van der Waals surface area contributed by atoms with Crippen LogP contribution in [0.1, 0.15) is 33.6 Å². The lowest BCUT2D eigenvalue weighted by molar-refractivity contribution is -0.142. The third-order valence-electron chi connectivity index (χ3n) is 3.95. The van der Waals surface area contributed by atoms with Gasteiger partial charge in [0.1, 0.15) is 0 Å². The lowest BCUT2D eigenvalue weighted by atomic mass is 9.91. The zero-order valence-electron chi connectivity index (χ0n) is 14.3. The standard InChI is InChI=1S/C17H25N3O3/c1-17(2,3)16(22)20-10-6-7-12(11-20)15(21)19-14-13(23-4)8-5-9-18-14/h5,8-9,12H,6-7,10-11H2,1-4H3,(H,18,19,21). The Morgan fingerprint density at radius 1 is 1.39 bits per heavy atom. The van der Waals surface area contributed by atoms with Crippen molar-refractivity contribution in [2.24, 2.45) is 11.3 Å². The van der Waals surface area contributed by atoms with Gasteiger partial charge in [0.05, 0.1) is 13.0 Å². The minimum Gasteiger partial charge on any atom is -0.493 e. The number of carbonyl (C=O) groups excluding carboxylic acids is 2. The summed E-state index contributed by atoms with van der Waals surface area (Å²) in [6.45, 7) is 6.87. The van der Waals surface area contributed by atoms with Crippen LogP contribution in [0.5, 0.6) is 5.75 Å². The van der Waals surface area contributed by atoms with Crippen molar-refractivity contribution in [3.8, 4) is 5.75 Å².